The number of benzene rings is 2. The van der Waals surface area contributed by atoms with E-state index in [-0.39, 0.29) is 0 Å². The van der Waals surface area contributed by atoms with Gasteiger partial charge in [0.25, 0.3) is 0 Å². The van der Waals surface area contributed by atoms with Crippen molar-refractivity contribution in [1.82, 2.24) is 0 Å². The van der Waals surface area contributed by atoms with Crippen LogP contribution < -0.4 is 4.74 Å². The number of hydrogen-bond acceptors (Lipinski definition) is 2. The highest BCUT2D eigenvalue weighted by molar-refractivity contribution is 6.32. The van der Waals surface area contributed by atoms with Gasteiger partial charge in [0.15, 0.2) is 0 Å². The van der Waals surface area contributed by atoms with Crippen molar-refractivity contribution in [2.24, 2.45) is 0 Å². The Morgan fingerprint density at radius 2 is 1.84 bits per heavy atom. The van der Waals surface area contributed by atoms with E-state index < -0.39 is 6.10 Å². The summed E-state index contributed by atoms with van der Waals surface area (Å²) in [6, 6.07) is 10.7. The molecule has 2 nitrogen and oxygen atoms in total. The zero-order valence-corrected chi connectivity index (χ0v) is 12.2. The van der Waals surface area contributed by atoms with Gasteiger partial charge in [-0.25, -0.2) is 0 Å². The van der Waals surface area contributed by atoms with E-state index in [0.717, 1.165) is 5.56 Å². The summed E-state index contributed by atoms with van der Waals surface area (Å²) in [5, 5.41) is 11.4. The molecule has 1 unspecified atom stereocenters. The molecule has 0 aliphatic rings. The maximum atomic E-state index is 10.4. The van der Waals surface area contributed by atoms with Crippen LogP contribution in [-0.4, -0.2) is 12.2 Å². The lowest BCUT2D eigenvalue weighted by Gasteiger charge is -2.16. The molecule has 2 aromatic rings. The van der Waals surface area contributed by atoms with Crippen LogP contribution in [0.3, 0.4) is 0 Å². The van der Waals surface area contributed by atoms with Gasteiger partial charge in [-0.2, -0.15) is 0 Å². The highest BCUT2D eigenvalue weighted by Crippen LogP contribution is 2.35. The molecule has 0 heterocycles. The number of ether oxygens (including phenoxy) is 1. The van der Waals surface area contributed by atoms with Crippen molar-refractivity contribution >= 4 is 23.2 Å². The number of aliphatic hydroxyl groups is 1. The lowest BCUT2D eigenvalue weighted by atomic mass is 9.99. The minimum Gasteiger partial charge on any atom is -0.497 e. The van der Waals surface area contributed by atoms with Crippen molar-refractivity contribution in [3.8, 4) is 5.75 Å². The van der Waals surface area contributed by atoms with Crippen molar-refractivity contribution < 1.29 is 9.84 Å². The lowest BCUT2D eigenvalue weighted by molar-refractivity contribution is 0.220. The predicted molar refractivity (Wildman–Crippen MR) is 78.3 cm³/mol. The number of rotatable bonds is 3. The van der Waals surface area contributed by atoms with Crippen LogP contribution in [0.1, 0.15) is 22.8 Å². The zero-order valence-electron chi connectivity index (χ0n) is 10.7. The van der Waals surface area contributed by atoms with Gasteiger partial charge in [0.05, 0.1) is 12.1 Å². The molecule has 4 heteroatoms. The average Bonchev–Trinajstić information content (AvgIpc) is 2.41. The number of aliphatic hydroxyl groups excluding tert-OH is 1. The molecule has 0 spiro atoms. The SMILES string of the molecule is COc1ccc(C(O)c2cccc(C)c2Cl)c(Cl)c1. The topological polar surface area (TPSA) is 29.5 Å². The minimum absolute atomic E-state index is 0.449. The van der Waals surface area contributed by atoms with Gasteiger partial charge in [0.1, 0.15) is 11.9 Å². The van der Waals surface area contributed by atoms with E-state index in [1.54, 1.807) is 31.4 Å². The normalized spacial score (nSPS) is 12.3. The van der Waals surface area contributed by atoms with Crippen molar-refractivity contribution in [1.29, 1.82) is 0 Å². The molecule has 1 atom stereocenters. The molecule has 2 rings (SSSR count). The summed E-state index contributed by atoms with van der Waals surface area (Å²) in [6.45, 7) is 1.90. The van der Waals surface area contributed by atoms with Crippen molar-refractivity contribution in [2.75, 3.05) is 7.11 Å². The Kier molecular flexibility index (Phi) is 4.35. The molecule has 1 N–H and O–H groups in total. The van der Waals surface area contributed by atoms with Crippen LogP contribution in [0.2, 0.25) is 10.0 Å². The van der Waals surface area contributed by atoms with E-state index >= 15 is 0 Å². The Balaban J connectivity index is 2.44. The van der Waals surface area contributed by atoms with Gasteiger partial charge >= 0.3 is 0 Å². The van der Waals surface area contributed by atoms with Gasteiger partial charge in [0.2, 0.25) is 0 Å². The summed E-state index contributed by atoms with van der Waals surface area (Å²) in [7, 11) is 1.57. The third kappa shape index (κ3) is 2.86. The first kappa shape index (κ1) is 14.2. The van der Waals surface area contributed by atoms with Crippen LogP contribution in [0.4, 0.5) is 0 Å². The maximum Gasteiger partial charge on any atom is 0.120 e. The number of aryl methyl sites for hydroxylation is 1. The highest BCUT2D eigenvalue weighted by Gasteiger charge is 2.18. The second kappa shape index (κ2) is 5.83. The highest BCUT2D eigenvalue weighted by atomic mass is 35.5. The van der Waals surface area contributed by atoms with Crippen LogP contribution in [0.5, 0.6) is 5.75 Å². The molecule has 0 amide bonds. The molecule has 100 valence electrons. The quantitative estimate of drug-likeness (QED) is 0.910. The monoisotopic (exact) mass is 296 g/mol. The van der Waals surface area contributed by atoms with Crippen LogP contribution in [0.25, 0.3) is 0 Å². The fourth-order valence-electron chi connectivity index (χ4n) is 1.91. The number of methoxy groups -OCH3 is 1. The van der Waals surface area contributed by atoms with E-state index in [1.807, 2.05) is 19.1 Å². The fraction of sp³-hybridized carbons (Fsp3) is 0.200. The first-order valence-corrected chi connectivity index (χ1v) is 6.56. The van der Waals surface area contributed by atoms with E-state index in [0.29, 0.717) is 26.9 Å². The molecule has 2 aromatic carbocycles. The number of halogens is 2. The van der Waals surface area contributed by atoms with Gasteiger partial charge in [-0.05, 0) is 24.6 Å². The minimum atomic E-state index is -0.856. The van der Waals surface area contributed by atoms with Crippen LogP contribution in [-0.2, 0) is 0 Å². The molecule has 0 aliphatic carbocycles. The second-order valence-electron chi connectivity index (χ2n) is 4.27. The van der Waals surface area contributed by atoms with E-state index in [9.17, 15) is 5.11 Å². The molecule has 0 fully saturated rings. The predicted octanol–water partition coefficient (Wildman–Crippen LogP) is 4.39. The van der Waals surface area contributed by atoms with Gasteiger partial charge < -0.3 is 9.84 Å². The summed E-state index contributed by atoms with van der Waals surface area (Å²) in [5.74, 6) is 0.649. The molecule has 0 aliphatic heterocycles. The smallest absolute Gasteiger partial charge is 0.120 e. The molecular weight excluding hydrogens is 283 g/mol. The average molecular weight is 297 g/mol. The maximum absolute atomic E-state index is 10.4. The zero-order chi connectivity index (χ0) is 14.0. The Hall–Kier alpha value is -1.22. The summed E-state index contributed by atoms with van der Waals surface area (Å²) in [5.41, 5.74) is 2.17. The van der Waals surface area contributed by atoms with Crippen molar-refractivity contribution in [2.45, 2.75) is 13.0 Å². The van der Waals surface area contributed by atoms with Crippen molar-refractivity contribution in [3.05, 3.63) is 63.1 Å². The van der Waals surface area contributed by atoms with Crippen LogP contribution >= 0.6 is 23.2 Å². The Bertz CT molecular complexity index is 597. The standard InChI is InChI=1S/C15H14Cl2O2/c1-9-4-3-5-12(14(9)17)15(18)11-7-6-10(19-2)8-13(11)16/h3-8,15,18H,1-2H3. The van der Waals surface area contributed by atoms with Gasteiger partial charge in [0, 0.05) is 16.1 Å². The van der Waals surface area contributed by atoms with Gasteiger partial charge in [-0.3, -0.25) is 0 Å². The van der Waals surface area contributed by atoms with E-state index in [4.69, 9.17) is 27.9 Å². The summed E-state index contributed by atoms with van der Waals surface area (Å²) in [4.78, 5) is 0. The molecule has 0 bridgehead atoms. The van der Waals surface area contributed by atoms with E-state index in [1.165, 1.54) is 0 Å². The summed E-state index contributed by atoms with van der Waals surface area (Å²) in [6.07, 6.45) is -0.856. The second-order valence-corrected chi connectivity index (χ2v) is 5.05. The third-order valence-electron chi connectivity index (χ3n) is 3.02. The third-order valence-corrected chi connectivity index (χ3v) is 3.86. The molecule has 0 radical (unpaired) electrons. The first-order chi connectivity index (χ1) is 9.04. The Morgan fingerprint density at radius 3 is 2.47 bits per heavy atom. The molecule has 0 aromatic heterocycles. The molecule has 19 heavy (non-hydrogen) atoms. The number of hydrogen-bond donors (Lipinski definition) is 1. The largest absolute Gasteiger partial charge is 0.497 e. The molecule has 0 saturated heterocycles. The van der Waals surface area contributed by atoms with Gasteiger partial charge in [-0.1, -0.05) is 47.5 Å². The van der Waals surface area contributed by atoms with Crippen LogP contribution in [0.15, 0.2) is 36.4 Å². The molecule has 0 saturated carbocycles. The summed E-state index contributed by atoms with van der Waals surface area (Å²) < 4.78 is 5.09. The fourth-order valence-corrected chi connectivity index (χ4v) is 2.41. The van der Waals surface area contributed by atoms with Gasteiger partial charge in [-0.15, -0.1) is 0 Å². The Morgan fingerprint density at radius 1 is 1.11 bits per heavy atom. The Labute approximate surface area is 122 Å². The van der Waals surface area contributed by atoms with E-state index in [2.05, 4.69) is 0 Å². The summed E-state index contributed by atoms with van der Waals surface area (Å²) >= 11 is 12.4. The van der Waals surface area contributed by atoms with Crippen LogP contribution in [0, 0.1) is 6.92 Å². The lowest BCUT2D eigenvalue weighted by Crippen LogP contribution is -2.02. The first-order valence-electron chi connectivity index (χ1n) is 5.81. The molecular formula is C15H14Cl2O2. The van der Waals surface area contributed by atoms with Crippen molar-refractivity contribution in [3.63, 3.8) is 0 Å².